The van der Waals surface area contributed by atoms with Crippen LogP contribution in [-0.4, -0.2) is 70.6 Å². The van der Waals surface area contributed by atoms with Crippen LogP contribution in [0.15, 0.2) is 35.7 Å². The number of carbonyl (C=O) groups is 1. The first kappa shape index (κ1) is 26.7. The lowest BCUT2D eigenvalue weighted by Gasteiger charge is -2.53. The van der Waals surface area contributed by atoms with Crippen LogP contribution in [0.5, 0.6) is 0 Å². The van der Waals surface area contributed by atoms with Crippen LogP contribution in [-0.2, 0) is 17.1 Å². The van der Waals surface area contributed by atoms with Crippen molar-refractivity contribution in [1.29, 1.82) is 0 Å². The summed E-state index contributed by atoms with van der Waals surface area (Å²) in [6, 6.07) is 3.20. The maximum absolute atomic E-state index is 14.2. The van der Waals surface area contributed by atoms with Crippen LogP contribution in [0.1, 0.15) is 49.4 Å². The molecule has 1 unspecified atom stereocenters. The Labute approximate surface area is 208 Å². The summed E-state index contributed by atoms with van der Waals surface area (Å²) in [4.78, 5) is 18.8. The highest BCUT2D eigenvalue weighted by Crippen LogP contribution is 2.47. The van der Waals surface area contributed by atoms with Crippen molar-refractivity contribution in [3.05, 3.63) is 47.9 Å². The number of Topliss-reactive ketones (excluding diaryl/α,β-unsaturated/α-hetero) is 1. The molecule has 4 rings (SSSR count). The Morgan fingerprint density at radius 1 is 1.06 bits per heavy atom. The molecular formula is C24H30F4N4O3S. The van der Waals surface area contributed by atoms with Gasteiger partial charge in [0, 0.05) is 64.2 Å². The third kappa shape index (κ3) is 5.08. The lowest BCUT2D eigenvalue weighted by atomic mass is 9.69. The Hall–Kier alpha value is -2.31. The SMILES string of the molecule is CC(CC(=O)c1c(F)cccc1F)C1(N2CCN(S(=O)(=O)c3cn(C)cn3)CC2)CCC(F)(F)CC1. The van der Waals surface area contributed by atoms with Gasteiger partial charge in [-0.1, -0.05) is 13.0 Å². The minimum Gasteiger partial charge on any atom is -0.339 e. The van der Waals surface area contributed by atoms with Crippen LogP contribution in [0.2, 0.25) is 0 Å². The molecule has 0 N–H and O–H groups in total. The summed E-state index contributed by atoms with van der Waals surface area (Å²) < 4.78 is 85.5. The minimum absolute atomic E-state index is 0.0589. The van der Waals surface area contributed by atoms with Gasteiger partial charge in [-0.2, -0.15) is 4.31 Å². The fourth-order valence-electron chi connectivity index (χ4n) is 5.53. The number of aromatic nitrogens is 2. The van der Waals surface area contributed by atoms with Crippen LogP contribution >= 0.6 is 0 Å². The van der Waals surface area contributed by atoms with Gasteiger partial charge in [0.15, 0.2) is 10.8 Å². The van der Waals surface area contributed by atoms with E-state index in [4.69, 9.17) is 0 Å². The Morgan fingerprint density at radius 2 is 1.64 bits per heavy atom. The molecule has 2 heterocycles. The van der Waals surface area contributed by atoms with Crippen molar-refractivity contribution in [2.45, 2.75) is 55.5 Å². The van der Waals surface area contributed by atoms with Crippen LogP contribution < -0.4 is 0 Å². The summed E-state index contributed by atoms with van der Waals surface area (Å²) in [5, 5.41) is -0.0589. The Bertz CT molecular complexity index is 1200. The molecule has 198 valence electrons. The second kappa shape index (κ2) is 9.86. The molecule has 2 aromatic rings. The van der Waals surface area contributed by atoms with Crippen molar-refractivity contribution < 1.29 is 30.8 Å². The van der Waals surface area contributed by atoms with Crippen molar-refractivity contribution >= 4 is 15.8 Å². The molecule has 1 aliphatic carbocycles. The first-order chi connectivity index (χ1) is 16.9. The first-order valence-electron chi connectivity index (χ1n) is 11.9. The van der Waals surface area contributed by atoms with Gasteiger partial charge in [-0.25, -0.2) is 31.0 Å². The lowest BCUT2D eigenvalue weighted by molar-refractivity contribution is -0.103. The quantitative estimate of drug-likeness (QED) is 0.402. The lowest BCUT2D eigenvalue weighted by Crippen LogP contribution is -2.62. The van der Waals surface area contributed by atoms with E-state index in [-0.39, 0.29) is 63.3 Å². The van der Waals surface area contributed by atoms with E-state index < -0.39 is 50.4 Å². The van der Waals surface area contributed by atoms with Crippen molar-refractivity contribution in [2.24, 2.45) is 13.0 Å². The van der Waals surface area contributed by atoms with Crippen molar-refractivity contribution in [3.63, 3.8) is 0 Å². The van der Waals surface area contributed by atoms with Gasteiger partial charge >= 0.3 is 0 Å². The van der Waals surface area contributed by atoms with Gasteiger partial charge < -0.3 is 4.57 Å². The standard InChI is InChI=1S/C24H30F4N4O3S/c1-17(14-20(33)22-18(25)4-3-5-19(22)26)23(6-8-24(27,28)9-7-23)31-10-12-32(13-11-31)36(34,35)21-15-30(2)16-29-21/h3-5,15-17H,6-14H2,1-2H3. The molecule has 0 spiro atoms. The largest absolute Gasteiger partial charge is 0.339 e. The van der Waals surface area contributed by atoms with Crippen molar-refractivity contribution in [3.8, 4) is 0 Å². The van der Waals surface area contributed by atoms with Gasteiger partial charge in [-0.15, -0.1) is 0 Å². The number of imidazole rings is 1. The number of piperazine rings is 1. The van der Waals surface area contributed by atoms with Gasteiger partial charge in [0.1, 0.15) is 11.6 Å². The third-order valence-corrected chi connectivity index (χ3v) is 9.44. The summed E-state index contributed by atoms with van der Waals surface area (Å²) in [6.45, 7) is 2.59. The first-order valence-corrected chi connectivity index (χ1v) is 13.4. The molecule has 1 atom stereocenters. The number of nitrogens with zero attached hydrogens (tertiary/aromatic N) is 4. The van der Waals surface area contributed by atoms with E-state index in [0.29, 0.717) is 0 Å². The molecule has 0 bridgehead atoms. The molecule has 1 aromatic heterocycles. The van der Waals surface area contributed by atoms with Crippen LogP contribution in [0.4, 0.5) is 17.6 Å². The average molecular weight is 531 g/mol. The maximum atomic E-state index is 14.2. The zero-order valence-electron chi connectivity index (χ0n) is 20.3. The second-order valence-electron chi connectivity index (χ2n) is 9.85. The number of aryl methyl sites for hydroxylation is 1. The molecule has 0 amide bonds. The summed E-state index contributed by atoms with van der Waals surface area (Å²) >= 11 is 0. The average Bonchev–Trinajstić information content (AvgIpc) is 3.26. The van der Waals surface area contributed by atoms with Gasteiger partial charge in [-0.05, 0) is 30.9 Å². The number of alkyl halides is 2. The Kier molecular flexibility index (Phi) is 7.33. The normalized spacial score (nSPS) is 21.8. The number of hydrogen-bond acceptors (Lipinski definition) is 5. The number of sulfonamides is 1. The van der Waals surface area contributed by atoms with Crippen LogP contribution in [0, 0.1) is 17.6 Å². The number of halogens is 4. The van der Waals surface area contributed by atoms with Crippen LogP contribution in [0.25, 0.3) is 0 Å². The highest BCUT2D eigenvalue weighted by Gasteiger charge is 2.50. The topological polar surface area (TPSA) is 75.5 Å². The van der Waals surface area contributed by atoms with Crippen molar-refractivity contribution in [2.75, 3.05) is 26.2 Å². The zero-order chi connectivity index (χ0) is 26.3. The highest BCUT2D eigenvalue weighted by molar-refractivity contribution is 7.89. The van der Waals surface area contributed by atoms with Gasteiger partial charge in [-0.3, -0.25) is 9.69 Å². The molecule has 0 radical (unpaired) electrons. The van der Waals surface area contributed by atoms with Gasteiger partial charge in [0.05, 0.1) is 11.9 Å². The highest BCUT2D eigenvalue weighted by atomic mass is 32.2. The number of rotatable bonds is 7. The molecule has 1 aliphatic heterocycles. The summed E-state index contributed by atoms with van der Waals surface area (Å²) in [7, 11) is -2.13. The summed E-state index contributed by atoms with van der Waals surface area (Å²) in [6.07, 6.45) is 2.07. The number of carbonyl (C=O) groups excluding carboxylic acids is 1. The Morgan fingerprint density at radius 3 is 2.17 bits per heavy atom. The molecule has 12 heteroatoms. The van der Waals surface area contributed by atoms with E-state index in [9.17, 15) is 30.8 Å². The fourth-order valence-corrected chi connectivity index (χ4v) is 6.92. The van der Waals surface area contributed by atoms with E-state index >= 15 is 0 Å². The van der Waals surface area contributed by atoms with Gasteiger partial charge in [0.25, 0.3) is 10.0 Å². The van der Waals surface area contributed by atoms with Gasteiger partial charge in [0.2, 0.25) is 5.92 Å². The smallest absolute Gasteiger partial charge is 0.262 e. The fraction of sp³-hybridized carbons (Fsp3) is 0.583. The monoisotopic (exact) mass is 530 g/mol. The van der Waals surface area contributed by atoms with Crippen LogP contribution in [0.3, 0.4) is 0 Å². The molecular weight excluding hydrogens is 500 g/mol. The summed E-state index contributed by atoms with van der Waals surface area (Å²) in [5.74, 6) is -5.94. The molecule has 1 saturated carbocycles. The Balaban J connectivity index is 1.54. The van der Waals surface area contributed by atoms with E-state index in [1.165, 1.54) is 27.5 Å². The van der Waals surface area contributed by atoms with E-state index in [1.54, 1.807) is 14.0 Å². The molecule has 7 nitrogen and oxygen atoms in total. The summed E-state index contributed by atoms with van der Waals surface area (Å²) in [5.41, 5.74) is -1.44. The predicted molar refractivity (Wildman–Crippen MR) is 124 cm³/mol. The molecule has 1 saturated heterocycles. The number of benzene rings is 1. The molecule has 36 heavy (non-hydrogen) atoms. The zero-order valence-corrected chi connectivity index (χ0v) is 21.1. The van der Waals surface area contributed by atoms with Crippen molar-refractivity contribution in [1.82, 2.24) is 18.8 Å². The van der Waals surface area contributed by atoms with E-state index in [2.05, 4.69) is 4.98 Å². The molecule has 2 aliphatic rings. The van der Waals surface area contributed by atoms with E-state index in [0.717, 1.165) is 12.1 Å². The molecule has 2 fully saturated rings. The van der Waals surface area contributed by atoms with E-state index in [1.807, 2.05) is 4.90 Å². The number of ketones is 1. The minimum atomic E-state index is -3.80. The molecule has 1 aromatic carbocycles. The predicted octanol–water partition coefficient (Wildman–Crippen LogP) is 3.86. The third-order valence-electron chi connectivity index (χ3n) is 7.65. The maximum Gasteiger partial charge on any atom is 0.262 e. The second-order valence-corrected chi connectivity index (χ2v) is 11.7. The number of hydrogen-bond donors (Lipinski definition) is 0.